The van der Waals surface area contributed by atoms with Crippen molar-refractivity contribution < 1.29 is 13.9 Å². The Morgan fingerprint density at radius 3 is 3.05 bits per heavy atom. The maximum absolute atomic E-state index is 12.9. The molecule has 2 N–H and O–H groups in total. The monoisotopic (exact) mass is 288 g/mol. The highest BCUT2D eigenvalue weighted by atomic mass is 35.5. The molecule has 1 aromatic rings. The molecule has 0 aromatic heterocycles. The van der Waals surface area contributed by atoms with Gasteiger partial charge in [0.2, 0.25) is 5.91 Å². The quantitative estimate of drug-likeness (QED) is 0.865. The van der Waals surface area contributed by atoms with Crippen molar-refractivity contribution in [3.63, 3.8) is 0 Å². The number of hydrogen-bond acceptors (Lipinski definition) is 3. The number of carbonyl (C=O) groups is 1. The third kappa shape index (κ3) is 5.14. The fourth-order valence-corrected chi connectivity index (χ4v) is 1.87. The molecule has 1 amide bonds. The Balaban J connectivity index is 0.00000180. The maximum atomic E-state index is 12.9. The highest BCUT2D eigenvalue weighted by Gasteiger charge is 2.20. The highest BCUT2D eigenvalue weighted by molar-refractivity contribution is 5.85. The summed E-state index contributed by atoms with van der Waals surface area (Å²) in [5, 5.41) is 5.89. The largest absolute Gasteiger partial charge is 0.366 e. The molecule has 19 heavy (non-hydrogen) atoms. The summed E-state index contributed by atoms with van der Waals surface area (Å²) in [6.45, 7) is 2.38. The third-order valence-electron chi connectivity index (χ3n) is 2.82. The first kappa shape index (κ1) is 15.9. The lowest BCUT2D eigenvalue weighted by Crippen LogP contribution is -2.48. The number of hydrogen-bond donors (Lipinski definition) is 2. The van der Waals surface area contributed by atoms with Crippen LogP contribution in [0.3, 0.4) is 0 Å². The molecule has 0 saturated carbocycles. The molecule has 6 heteroatoms. The van der Waals surface area contributed by atoms with Crippen LogP contribution in [0.2, 0.25) is 0 Å². The number of ether oxygens (including phenoxy) is 1. The average molecular weight is 289 g/mol. The molecule has 0 spiro atoms. The fourth-order valence-electron chi connectivity index (χ4n) is 1.87. The number of halogens is 2. The molecule has 4 nitrogen and oxygen atoms in total. The van der Waals surface area contributed by atoms with E-state index in [1.807, 2.05) is 6.07 Å². The minimum Gasteiger partial charge on any atom is -0.366 e. The lowest BCUT2D eigenvalue weighted by Gasteiger charge is -2.22. The summed E-state index contributed by atoms with van der Waals surface area (Å²) < 4.78 is 18.3. The van der Waals surface area contributed by atoms with E-state index in [0.717, 1.165) is 12.1 Å². The van der Waals surface area contributed by atoms with Crippen molar-refractivity contribution in [2.24, 2.45) is 0 Å². The molecular formula is C13H18ClFN2O2. The number of rotatable bonds is 4. The van der Waals surface area contributed by atoms with Gasteiger partial charge in [0.1, 0.15) is 11.9 Å². The van der Waals surface area contributed by atoms with Crippen LogP contribution in [-0.4, -0.2) is 38.3 Å². The zero-order valence-electron chi connectivity index (χ0n) is 10.5. The van der Waals surface area contributed by atoms with Crippen molar-refractivity contribution in [2.45, 2.75) is 12.5 Å². The van der Waals surface area contributed by atoms with Crippen LogP contribution in [0.1, 0.15) is 5.56 Å². The van der Waals surface area contributed by atoms with Gasteiger partial charge in [0.05, 0.1) is 6.61 Å². The maximum Gasteiger partial charge on any atom is 0.250 e. The molecule has 1 heterocycles. The molecule has 1 saturated heterocycles. The predicted octanol–water partition coefficient (Wildman–Crippen LogP) is 0.895. The summed E-state index contributed by atoms with van der Waals surface area (Å²) in [4.78, 5) is 11.7. The second-order valence-corrected chi connectivity index (χ2v) is 4.23. The second kappa shape index (κ2) is 8.09. The van der Waals surface area contributed by atoms with E-state index in [1.54, 1.807) is 6.07 Å². The number of nitrogens with one attached hydrogen (secondary N) is 2. The third-order valence-corrected chi connectivity index (χ3v) is 2.82. The Hall–Kier alpha value is -1.17. The number of carbonyl (C=O) groups excluding carboxylic acids is 1. The van der Waals surface area contributed by atoms with Gasteiger partial charge in [-0.15, -0.1) is 12.4 Å². The normalized spacial score (nSPS) is 18.5. The van der Waals surface area contributed by atoms with Gasteiger partial charge in [-0.3, -0.25) is 4.79 Å². The Labute approximate surface area is 118 Å². The van der Waals surface area contributed by atoms with Crippen molar-refractivity contribution in [2.75, 3.05) is 26.2 Å². The van der Waals surface area contributed by atoms with Crippen molar-refractivity contribution in [3.8, 4) is 0 Å². The molecule has 0 bridgehead atoms. The fraction of sp³-hybridized carbons (Fsp3) is 0.462. The van der Waals surface area contributed by atoms with E-state index in [1.165, 1.54) is 12.1 Å². The minimum absolute atomic E-state index is 0. The van der Waals surface area contributed by atoms with E-state index in [-0.39, 0.29) is 24.1 Å². The van der Waals surface area contributed by atoms with Crippen LogP contribution in [0.5, 0.6) is 0 Å². The van der Waals surface area contributed by atoms with Crippen LogP contribution >= 0.6 is 12.4 Å². The topological polar surface area (TPSA) is 50.4 Å². The minimum atomic E-state index is -0.411. The molecule has 2 rings (SSSR count). The molecule has 1 aliphatic rings. The molecule has 1 aliphatic heterocycles. The standard InChI is InChI=1S/C13H17FN2O2.ClH/c14-11-3-1-2-10(8-11)4-5-16-13(17)12-9-15-6-7-18-12;/h1-3,8,12,15H,4-7,9H2,(H,16,17);1H. The van der Waals surface area contributed by atoms with Gasteiger partial charge in [-0.2, -0.15) is 0 Å². The van der Waals surface area contributed by atoms with E-state index < -0.39 is 6.10 Å². The van der Waals surface area contributed by atoms with Crippen LogP contribution in [0, 0.1) is 5.82 Å². The van der Waals surface area contributed by atoms with Crippen LogP contribution in [0.15, 0.2) is 24.3 Å². The SMILES string of the molecule is Cl.O=C(NCCc1cccc(F)c1)C1CNCCO1. The van der Waals surface area contributed by atoms with Crippen LogP contribution < -0.4 is 10.6 Å². The van der Waals surface area contributed by atoms with Crippen molar-refractivity contribution in [3.05, 3.63) is 35.6 Å². The van der Waals surface area contributed by atoms with Gasteiger partial charge in [0.15, 0.2) is 0 Å². The summed E-state index contributed by atoms with van der Waals surface area (Å²) in [5.41, 5.74) is 0.873. The van der Waals surface area contributed by atoms with Gasteiger partial charge < -0.3 is 15.4 Å². The highest BCUT2D eigenvalue weighted by Crippen LogP contribution is 2.03. The zero-order valence-corrected chi connectivity index (χ0v) is 11.3. The Morgan fingerprint density at radius 2 is 2.37 bits per heavy atom. The summed E-state index contributed by atoms with van der Waals surface area (Å²) >= 11 is 0. The predicted molar refractivity (Wildman–Crippen MR) is 73.0 cm³/mol. The van der Waals surface area contributed by atoms with E-state index in [4.69, 9.17) is 4.74 Å². The first-order valence-electron chi connectivity index (χ1n) is 6.10. The average Bonchev–Trinajstić information content (AvgIpc) is 2.40. The number of morpholine rings is 1. The molecule has 1 unspecified atom stereocenters. The van der Waals surface area contributed by atoms with Crippen LogP contribution in [-0.2, 0) is 16.0 Å². The summed E-state index contributed by atoms with van der Waals surface area (Å²) in [5.74, 6) is -0.364. The number of benzene rings is 1. The second-order valence-electron chi connectivity index (χ2n) is 4.23. The van der Waals surface area contributed by atoms with Gasteiger partial charge in [-0.05, 0) is 24.1 Å². The van der Waals surface area contributed by atoms with Crippen molar-refractivity contribution >= 4 is 18.3 Å². The van der Waals surface area contributed by atoms with E-state index in [9.17, 15) is 9.18 Å². The Kier molecular flexibility index (Phi) is 6.77. The van der Waals surface area contributed by atoms with Crippen LogP contribution in [0.4, 0.5) is 4.39 Å². The van der Waals surface area contributed by atoms with Crippen molar-refractivity contribution in [1.29, 1.82) is 0 Å². The smallest absolute Gasteiger partial charge is 0.250 e. The van der Waals surface area contributed by atoms with Gasteiger partial charge in [-0.1, -0.05) is 12.1 Å². The summed E-state index contributed by atoms with van der Waals surface area (Å²) in [6, 6.07) is 6.39. The molecule has 0 aliphatic carbocycles. The van der Waals surface area contributed by atoms with Crippen molar-refractivity contribution in [1.82, 2.24) is 10.6 Å². The van der Waals surface area contributed by atoms with Gasteiger partial charge in [-0.25, -0.2) is 4.39 Å². The van der Waals surface area contributed by atoms with E-state index >= 15 is 0 Å². The van der Waals surface area contributed by atoms with E-state index in [2.05, 4.69) is 10.6 Å². The molecule has 1 aromatic carbocycles. The molecule has 106 valence electrons. The number of amides is 1. The van der Waals surface area contributed by atoms with Gasteiger partial charge in [0, 0.05) is 19.6 Å². The Morgan fingerprint density at radius 1 is 1.53 bits per heavy atom. The van der Waals surface area contributed by atoms with Crippen LogP contribution in [0.25, 0.3) is 0 Å². The van der Waals surface area contributed by atoms with Gasteiger partial charge in [0.25, 0.3) is 0 Å². The van der Waals surface area contributed by atoms with E-state index in [0.29, 0.717) is 26.1 Å². The summed E-state index contributed by atoms with van der Waals surface area (Å²) in [6.07, 6.45) is 0.204. The molecule has 0 radical (unpaired) electrons. The lowest BCUT2D eigenvalue weighted by atomic mass is 10.1. The summed E-state index contributed by atoms with van der Waals surface area (Å²) in [7, 11) is 0. The first-order chi connectivity index (χ1) is 8.75. The first-order valence-corrected chi connectivity index (χ1v) is 6.10. The molecule has 1 fully saturated rings. The zero-order chi connectivity index (χ0) is 12.8. The molecule has 1 atom stereocenters. The Bertz CT molecular complexity index is 411. The lowest BCUT2D eigenvalue weighted by molar-refractivity contribution is -0.134. The molecular weight excluding hydrogens is 271 g/mol. The van der Waals surface area contributed by atoms with Gasteiger partial charge >= 0.3 is 0 Å².